The van der Waals surface area contributed by atoms with E-state index in [0.717, 1.165) is 17.5 Å². The highest BCUT2D eigenvalue weighted by molar-refractivity contribution is 5.84. The fourth-order valence-corrected chi connectivity index (χ4v) is 4.40. The number of hydrogen-bond acceptors (Lipinski definition) is 1. The first kappa shape index (κ1) is 22.5. The monoisotopic (exact) mass is 433 g/mol. The summed E-state index contributed by atoms with van der Waals surface area (Å²) in [4.78, 5) is 13.5. The number of nitrogens with one attached hydrogen (secondary N) is 1. The highest BCUT2D eigenvalue weighted by Gasteiger charge is 2.26. The van der Waals surface area contributed by atoms with Crippen LogP contribution in [0.2, 0.25) is 0 Å². The number of benzene rings is 4. The van der Waals surface area contributed by atoms with Crippen molar-refractivity contribution in [1.82, 2.24) is 5.32 Å². The van der Waals surface area contributed by atoms with Crippen LogP contribution in [0.4, 0.5) is 0 Å². The third kappa shape index (κ3) is 5.78. The first-order chi connectivity index (χ1) is 16.1. The van der Waals surface area contributed by atoms with E-state index in [2.05, 4.69) is 79.8 Å². The van der Waals surface area contributed by atoms with Crippen LogP contribution in [0.15, 0.2) is 115 Å². The smallest absolute Gasteiger partial charge is 0.228 e. The summed E-state index contributed by atoms with van der Waals surface area (Å²) in [6.07, 6.45) is 0.747. The molecule has 4 aromatic rings. The Balaban J connectivity index is 1.61. The van der Waals surface area contributed by atoms with Gasteiger partial charge >= 0.3 is 0 Å². The van der Waals surface area contributed by atoms with E-state index in [1.165, 1.54) is 16.7 Å². The molecular formula is C31H31NO. The van der Waals surface area contributed by atoms with Crippen molar-refractivity contribution in [1.29, 1.82) is 0 Å². The van der Waals surface area contributed by atoms with Gasteiger partial charge in [-0.1, -0.05) is 129 Å². The SMILES string of the molecule is CC(C)[C@@H](C(=O)N[C@H](Cc1ccccc1)c1ccc(-c2ccccc2)cc1)c1ccccc1. The Morgan fingerprint density at radius 1 is 0.636 bits per heavy atom. The number of carbonyl (C=O) groups is 1. The minimum Gasteiger partial charge on any atom is -0.348 e. The van der Waals surface area contributed by atoms with Crippen LogP contribution >= 0.6 is 0 Å². The summed E-state index contributed by atoms with van der Waals surface area (Å²) in [5.41, 5.74) is 5.74. The molecule has 1 N–H and O–H groups in total. The molecule has 0 unspecified atom stereocenters. The van der Waals surface area contributed by atoms with Crippen LogP contribution in [0.3, 0.4) is 0 Å². The first-order valence-corrected chi connectivity index (χ1v) is 11.7. The molecule has 0 aromatic heterocycles. The standard InChI is InChI=1S/C31H31NO/c1-23(2)30(28-16-10-5-11-17-28)31(33)32-29(22-24-12-6-3-7-13-24)27-20-18-26(19-21-27)25-14-8-4-9-15-25/h3-21,23,29-30H,22H2,1-2H3,(H,32,33)/t29-,30-/m1/s1. The first-order valence-electron chi connectivity index (χ1n) is 11.7. The van der Waals surface area contributed by atoms with E-state index in [1.54, 1.807) is 0 Å². The Morgan fingerprint density at radius 2 is 1.15 bits per heavy atom. The number of carbonyl (C=O) groups excluding carboxylic acids is 1. The average Bonchev–Trinajstić information content (AvgIpc) is 2.85. The molecule has 0 aliphatic heterocycles. The van der Waals surface area contributed by atoms with Crippen molar-refractivity contribution < 1.29 is 4.79 Å². The van der Waals surface area contributed by atoms with Crippen molar-refractivity contribution in [2.75, 3.05) is 0 Å². The number of rotatable bonds is 8. The average molecular weight is 434 g/mol. The van der Waals surface area contributed by atoms with E-state index < -0.39 is 0 Å². The molecule has 166 valence electrons. The van der Waals surface area contributed by atoms with Crippen LogP contribution in [0.1, 0.15) is 42.5 Å². The summed E-state index contributed by atoms with van der Waals surface area (Å²) >= 11 is 0. The minimum absolute atomic E-state index is 0.0734. The van der Waals surface area contributed by atoms with Gasteiger partial charge in [0.25, 0.3) is 0 Å². The highest BCUT2D eigenvalue weighted by atomic mass is 16.2. The predicted octanol–water partition coefficient (Wildman–Crippen LogP) is 7.19. The van der Waals surface area contributed by atoms with Gasteiger partial charge in [-0.25, -0.2) is 0 Å². The molecule has 1 amide bonds. The summed E-state index contributed by atoms with van der Waals surface area (Å²) in [5, 5.41) is 3.38. The Kier molecular flexibility index (Phi) is 7.36. The summed E-state index contributed by atoms with van der Waals surface area (Å²) in [6.45, 7) is 4.22. The van der Waals surface area contributed by atoms with Gasteiger partial charge in [-0.15, -0.1) is 0 Å². The van der Waals surface area contributed by atoms with Crippen molar-refractivity contribution in [2.24, 2.45) is 5.92 Å². The second-order valence-electron chi connectivity index (χ2n) is 8.87. The van der Waals surface area contributed by atoms with Gasteiger partial charge in [0.15, 0.2) is 0 Å². The molecule has 4 aromatic carbocycles. The van der Waals surface area contributed by atoms with Gasteiger partial charge in [-0.05, 0) is 40.2 Å². The topological polar surface area (TPSA) is 29.1 Å². The number of amides is 1. The molecule has 0 bridgehead atoms. The highest BCUT2D eigenvalue weighted by Crippen LogP contribution is 2.28. The van der Waals surface area contributed by atoms with Crippen molar-refractivity contribution in [3.8, 4) is 11.1 Å². The fourth-order valence-electron chi connectivity index (χ4n) is 4.40. The van der Waals surface area contributed by atoms with Gasteiger partial charge in [0, 0.05) is 0 Å². The summed E-state index contributed by atoms with van der Waals surface area (Å²) < 4.78 is 0. The molecule has 0 saturated heterocycles. The van der Waals surface area contributed by atoms with Crippen LogP contribution in [0.5, 0.6) is 0 Å². The molecule has 0 saturated carbocycles. The summed E-state index contributed by atoms with van der Waals surface area (Å²) in [5.74, 6) is 0.0857. The zero-order valence-corrected chi connectivity index (χ0v) is 19.3. The maximum absolute atomic E-state index is 13.5. The van der Waals surface area contributed by atoms with E-state index in [0.29, 0.717) is 0 Å². The van der Waals surface area contributed by atoms with E-state index in [-0.39, 0.29) is 23.8 Å². The molecule has 2 atom stereocenters. The van der Waals surface area contributed by atoms with Crippen LogP contribution in [-0.2, 0) is 11.2 Å². The van der Waals surface area contributed by atoms with Crippen LogP contribution in [0.25, 0.3) is 11.1 Å². The summed E-state index contributed by atoms with van der Waals surface area (Å²) in [7, 11) is 0. The van der Waals surface area contributed by atoms with E-state index in [9.17, 15) is 4.79 Å². The second-order valence-corrected chi connectivity index (χ2v) is 8.87. The maximum Gasteiger partial charge on any atom is 0.228 e. The Morgan fingerprint density at radius 3 is 1.73 bits per heavy atom. The molecule has 0 spiro atoms. The third-order valence-corrected chi connectivity index (χ3v) is 6.13. The van der Waals surface area contributed by atoms with Crippen LogP contribution in [-0.4, -0.2) is 5.91 Å². The van der Waals surface area contributed by atoms with Gasteiger partial charge < -0.3 is 5.32 Å². The molecule has 33 heavy (non-hydrogen) atoms. The largest absolute Gasteiger partial charge is 0.348 e. The molecule has 2 heteroatoms. The quantitative estimate of drug-likeness (QED) is 0.313. The Labute approximate surface area is 197 Å². The van der Waals surface area contributed by atoms with E-state index in [1.807, 2.05) is 54.6 Å². The normalized spacial score (nSPS) is 12.8. The zero-order valence-electron chi connectivity index (χ0n) is 19.3. The Bertz CT molecular complexity index is 1140. The number of hydrogen-bond donors (Lipinski definition) is 1. The molecule has 4 rings (SSSR count). The van der Waals surface area contributed by atoms with Crippen LogP contribution in [0, 0.1) is 5.92 Å². The maximum atomic E-state index is 13.5. The Hall–Kier alpha value is -3.65. The minimum atomic E-state index is -0.187. The van der Waals surface area contributed by atoms with Crippen molar-refractivity contribution in [2.45, 2.75) is 32.2 Å². The van der Waals surface area contributed by atoms with Crippen molar-refractivity contribution in [3.05, 3.63) is 132 Å². The van der Waals surface area contributed by atoms with E-state index >= 15 is 0 Å². The van der Waals surface area contributed by atoms with Gasteiger partial charge in [-0.2, -0.15) is 0 Å². The molecule has 2 nitrogen and oxygen atoms in total. The lowest BCUT2D eigenvalue weighted by atomic mass is 9.87. The zero-order chi connectivity index (χ0) is 23.0. The van der Waals surface area contributed by atoms with Crippen molar-refractivity contribution in [3.63, 3.8) is 0 Å². The molecular weight excluding hydrogens is 402 g/mol. The van der Waals surface area contributed by atoms with Crippen molar-refractivity contribution >= 4 is 5.91 Å². The lowest BCUT2D eigenvalue weighted by Crippen LogP contribution is -2.36. The van der Waals surface area contributed by atoms with Gasteiger partial charge in [0.05, 0.1) is 12.0 Å². The summed E-state index contributed by atoms with van der Waals surface area (Å²) in [6, 6.07) is 39.3. The lowest BCUT2D eigenvalue weighted by Gasteiger charge is -2.26. The van der Waals surface area contributed by atoms with Gasteiger partial charge in [0.1, 0.15) is 0 Å². The molecule has 0 aliphatic carbocycles. The van der Waals surface area contributed by atoms with E-state index in [4.69, 9.17) is 0 Å². The fraction of sp³-hybridized carbons (Fsp3) is 0.194. The van der Waals surface area contributed by atoms with Crippen LogP contribution < -0.4 is 5.32 Å². The predicted molar refractivity (Wildman–Crippen MR) is 137 cm³/mol. The lowest BCUT2D eigenvalue weighted by molar-refractivity contribution is -0.124. The second kappa shape index (κ2) is 10.8. The molecule has 0 radical (unpaired) electrons. The molecule has 0 fully saturated rings. The molecule has 0 heterocycles. The van der Waals surface area contributed by atoms with Gasteiger partial charge in [0.2, 0.25) is 5.91 Å². The third-order valence-electron chi connectivity index (χ3n) is 6.13. The van der Waals surface area contributed by atoms with Gasteiger partial charge in [-0.3, -0.25) is 4.79 Å². The molecule has 0 aliphatic rings.